The number of guanidine groups is 1. The Labute approximate surface area is 156 Å². The molecule has 1 aromatic rings. The summed E-state index contributed by atoms with van der Waals surface area (Å²) in [7, 11) is 1.56. The summed E-state index contributed by atoms with van der Waals surface area (Å²) in [6.45, 7) is 9.42. The lowest BCUT2D eigenvalue weighted by Crippen LogP contribution is -2.40. The SMILES string of the molecule is CCNC(=NCc1ccc(OC)c(O)c1)N1CCC(CN2CCCC2)C1. The van der Waals surface area contributed by atoms with E-state index in [-0.39, 0.29) is 5.75 Å². The van der Waals surface area contributed by atoms with Crippen LogP contribution in [0.2, 0.25) is 0 Å². The maximum atomic E-state index is 9.94. The number of nitrogens with zero attached hydrogens (tertiary/aromatic N) is 3. The van der Waals surface area contributed by atoms with Crippen molar-refractivity contribution in [1.29, 1.82) is 0 Å². The van der Waals surface area contributed by atoms with Crippen LogP contribution in [0.5, 0.6) is 11.5 Å². The Morgan fingerprint density at radius 2 is 2.12 bits per heavy atom. The van der Waals surface area contributed by atoms with Crippen molar-refractivity contribution in [3.05, 3.63) is 23.8 Å². The number of hydrogen-bond acceptors (Lipinski definition) is 4. The zero-order valence-corrected chi connectivity index (χ0v) is 16.1. The van der Waals surface area contributed by atoms with Gasteiger partial charge in [0.25, 0.3) is 0 Å². The van der Waals surface area contributed by atoms with Crippen molar-refractivity contribution in [3.63, 3.8) is 0 Å². The Morgan fingerprint density at radius 3 is 2.81 bits per heavy atom. The van der Waals surface area contributed by atoms with Crippen LogP contribution >= 0.6 is 0 Å². The minimum absolute atomic E-state index is 0.164. The van der Waals surface area contributed by atoms with E-state index in [1.165, 1.54) is 38.9 Å². The first-order valence-corrected chi connectivity index (χ1v) is 9.81. The Balaban J connectivity index is 1.59. The summed E-state index contributed by atoms with van der Waals surface area (Å²) >= 11 is 0. The van der Waals surface area contributed by atoms with Crippen LogP contribution < -0.4 is 10.1 Å². The molecule has 1 aromatic carbocycles. The van der Waals surface area contributed by atoms with E-state index in [0.717, 1.165) is 37.1 Å². The van der Waals surface area contributed by atoms with Gasteiger partial charge in [-0.15, -0.1) is 0 Å². The summed E-state index contributed by atoms with van der Waals surface area (Å²) in [5.74, 6) is 2.37. The van der Waals surface area contributed by atoms with E-state index in [2.05, 4.69) is 22.0 Å². The Morgan fingerprint density at radius 1 is 1.31 bits per heavy atom. The van der Waals surface area contributed by atoms with E-state index < -0.39 is 0 Å². The maximum absolute atomic E-state index is 9.94. The fourth-order valence-electron chi connectivity index (χ4n) is 3.93. The number of rotatable bonds is 6. The number of phenols is 1. The van der Waals surface area contributed by atoms with Crippen LogP contribution in [0.1, 0.15) is 31.7 Å². The number of likely N-dealkylation sites (tertiary alicyclic amines) is 2. The quantitative estimate of drug-likeness (QED) is 0.602. The molecular formula is C20H32N4O2. The average molecular weight is 361 g/mol. The molecule has 0 bridgehead atoms. The van der Waals surface area contributed by atoms with E-state index in [1.807, 2.05) is 6.07 Å². The summed E-state index contributed by atoms with van der Waals surface area (Å²) in [6.07, 6.45) is 3.95. The van der Waals surface area contributed by atoms with Crippen molar-refractivity contribution in [3.8, 4) is 11.5 Å². The first-order valence-electron chi connectivity index (χ1n) is 9.81. The molecule has 1 unspecified atom stereocenters. The van der Waals surface area contributed by atoms with E-state index in [4.69, 9.17) is 9.73 Å². The van der Waals surface area contributed by atoms with E-state index >= 15 is 0 Å². The number of ether oxygens (including phenoxy) is 1. The summed E-state index contributed by atoms with van der Waals surface area (Å²) in [5.41, 5.74) is 0.978. The van der Waals surface area contributed by atoms with Crippen LogP contribution in [0.3, 0.4) is 0 Å². The van der Waals surface area contributed by atoms with Gasteiger partial charge in [-0.1, -0.05) is 6.07 Å². The predicted octanol–water partition coefficient (Wildman–Crippen LogP) is 2.28. The van der Waals surface area contributed by atoms with Crippen molar-refractivity contribution < 1.29 is 9.84 Å². The molecule has 1 atom stereocenters. The van der Waals surface area contributed by atoms with E-state index in [9.17, 15) is 5.11 Å². The molecule has 26 heavy (non-hydrogen) atoms. The molecule has 0 aromatic heterocycles. The second-order valence-corrected chi connectivity index (χ2v) is 7.28. The molecule has 6 nitrogen and oxygen atoms in total. The van der Waals surface area contributed by atoms with Crippen LogP contribution in [0.25, 0.3) is 0 Å². The molecule has 2 aliphatic rings. The molecule has 0 amide bonds. The van der Waals surface area contributed by atoms with Crippen LogP contribution in [0.15, 0.2) is 23.2 Å². The smallest absolute Gasteiger partial charge is 0.194 e. The van der Waals surface area contributed by atoms with Gasteiger partial charge in [0.1, 0.15) is 0 Å². The largest absolute Gasteiger partial charge is 0.504 e. The molecule has 144 valence electrons. The lowest BCUT2D eigenvalue weighted by molar-refractivity contribution is 0.281. The number of methoxy groups -OCH3 is 1. The van der Waals surface area contributed by atoms with Crippen molar-refractivity contribution in [2.45, 2.75) is 32.7 Å². The number of nitrogens with one attached hydrogen (secondary N) is 1. The third-order valence-corrected chi connectivity index (χ3v) is 5.29. The molecule has 0 aliphatic carbocycles. The molecule has 2 saturated heterocycles. The minimum atomic E-state index is 0.164. The molecule has 6 heteroatoms. The zero-order chi connectivity index (χ0) is 18.4. The van der Waals surface area contributed by atoms with Crippen molar-refractivity contribution in [1.82, 2.24) is 15.1 Å². The standard InChI is InChI=1S/C20H32N4O2/c1-3-21-20(22-13-16-6-7-19(26-2)18(25)12-16)24-11-8-17(15-24)14-23-9-4-5-10-23/h6-7,12,17,25H,3-5,8-11,13-15H2,1-2H3,(H,21,22). The van der Waals surface area contributed by atoms with Gasteiger partial charge < -0.3 is 25.0 Å². The molecule has 2 fully saturated rings. The van der Waals surface area contributed by atoms with Gasteiger partial charge in [0.05, 0.1) is 13.7 Å². The summed E-state index contributed by atoms with van der Waals surface area (Å²) in [6, 6.07) is 5.47. The molecule has 0 radical (unpaired) electrons. The van der Waals surface area contributed by atoms with Gasteiger partial charge >= 0.3 is 0 Å². The number of phenolic OH excluding ortho intramolecular Hbond substituents is 1. The molecular weight excluding hydrogens is 328 g/mol. The molecule has 2 aliphatic heterocycles. The topological polar surface area (TPSA) is 60.3 Å². The Hall–Kier alpha value is -1.95. The first kappa shape index (κ1) is 18.8. The van der Waals surface area contributed by atoms with Gasteiger partial charge in [-0.05, 0) is 62.9 Å². The highest BCUT2D eigenvalue weighted by Crippen LogP contribution is 2.26. The van der Waals surface area contributed by atoms with Gasteiger partial charge in [-0.3, -0.25) is 0 Å². The normalized spacial score (nSPS) is 21.4. The highest BCUT2D eigenvalue weighted by atomic mass is 16.5. The second-order valence-electron chi connectivity index (χ2n) is 7.28. The Kier molecular flexibility index (Phi) is 6.61. The lowest BCUT2D eigenvalue weighted by atomic mass is 10.1. The average Bonchev–Trinajstić information content (AvgIpc) is 3.31. The fraction of sp³-hybridized carbons (Fsp3) is 0.650. The van der Waals surface area contributed by atoms with Gasteiger partial charge in [-0.25, -0.2) is 4.99 Å². The molecule has 3 rings (SSSR count). The minimum Gasteiger partial charge on any atom is -0.504 e. The lowest BCUT2D eigenvalue weighted by Gasteiger charge is -2.23. The monoisotopic (exact) mass is 360 g/mol. The molecule has 2 N–H and O–H groups in total. The summed E-state index contributed by atoms with van der Waals surface area (Å²) in [4.78, 5) is 9.79. The van der Waals surface area contributed by atoms with Gasteiger partial charge in [0.15, 0.2) is 17.5 Å². The number of aromatic hydroxyl groups is 1. The van der Waals surface area contributed by atoms with Crippen LogP contribution in [-0.4, -0.2) is 67.2 Å². The maximum Gasteiger partial charge on any atom is 0.194 e. The van der Waals surface area contributed by atoms with E-state index in [0.29, 0.717) is 12.3 Å². The molecule has 2 heterocycles. The van der Waals surface area contributed by atoms with Crippen molar-refractivity contribution in [2.75, 3.05) is 46.4 Å². The highest BCUT2D eigenvalue weighted by molar-refractivity contribution is 5.80. The zero-order valence-electron chi connectivity index (χ0n) is 16.1. The number of hydrogen-bond donors (Lipinski definition) is 2. The number of benzene rings is 1. The third-order valence-electron chi connectivity index (χ3n) is 5.29. The van der Waals surface area contributed by atoms with Crippen molar-refractivity contribution in [2.24, 2.45) is 10.9 Å². The molecule has 0 spiro atoms. The second kappa shape index (κ2) is 9.12. The highest BCUT2D eigenvalue weighted by Gasteiger charge is 2.27. The first-order chi connectivity index (χ1) is 12.7. The fourth-order valence-corrected chi connectivity index (χ4v) is 3.93. The molecule has 0 saturated carbocycles. The summed E-state index contributed by atoms with van der Waals surface area (Å²) < 4.78 is 5.10. The van der Waals surface area contributed by atoms with Gasteiger partial charge in [0, 0.05) is 26.2 Å². The Bertz CT molecular complexity index is 614. The predicted molar refractivity (Wildman–Crippen MR) is 105 cm³/mol. The van der Waals surface area contributed by atoms with Crippen molar-refractivity contribution >= 4 is 5.96 Å². The van der Waals surface area contributed by atoms with Crippen LogP contribution in [0, 0.1) is 5.92 Å². The van der Waals surface area contributed by atoms with E-state index in [1.54, 1.807) is 19.2 Å². The summed E-state index contributed by atoms with van der Waals surface area (Å²) in [5, 5.41) is 13.4. The third kappa shape index (κ3) is 4.81. The number of aliphatic imine (C=N–C) groups is 1. The van der Waals surface area contributed by atoms with Crippen LogP contribution in [0.4, 0.5) is 0 Å². The van der Waals surface area contributed by atoms with Gasteiger partial charge in [0.2, 0.25) is 0 Å². The van der Waals surface area contributed by atoms with Crippen LogP contribution in [-0.2, 0) is 6.54 Å². The van der Waals surface area contributed by atoms with Gasteiger partial charge in [-0.2, -0.15) is 0 Å².